The van der Waals surface area contributed by atoms with Crippen molar-refractivity contribution in [2.24, 2.45) is 0 Å². The second kappa shape index (κ2) is 16.1. The quantitative estimate of drug-likeness (QED) is 0.384. The number of carbonyl (C=O) groups excluding carboxylic acids is 4. The van der Waals surface area contributed by atoms with E-state index in [2.05, 4.69) is 31.5 Å². The van der Waals surface area contributed by atoms with Crippen LogP contribution in [-0.2, 0) is 27.5 Å². The fourth-order valence-corrected chi connectivity index (χ4v) is 4.70. The Morgan fingerprint density at radius 2 is 1.91 bits per heavy atom. The van der Waals surface area contributed by atoms with Gasteiger partial charge in [0.2, 0.25) is 17.7 Å². The molecule has 0 saturated heterocycles. The number of rotatable bonds is 5. The van der Waals surface area contributed by atoms with E-state index in [1.165, 1.54) is 36.3 Å². The maximum Gasteiger partial charge on any atom is 0.251 e. The summed E-state index contributed by atoms with van der Waals surface area (Å²) in [6.07, 6.45) is 2.84. The third-order valence-corrected chi connectivity index (χ3v) is 7.19. The number of hydrogen-bond acceptors (Lipinski definition) is 9. The highest BCUT2D eigenvalue weighted by molar-refractivity contribution is 5.95. The summed E-state index contributed by atoms with van der Waals surface area (Å²) in [4.78, 5) is 53.2. The first-order valence-electron chi connectivity index (χ1n) is 14.8. The number of nitrogens with zero attached hydrogens (tertiary/aromatic N) is 5. The van der Waals surface area contributed by atoms with Crippen LogP contribution in [0.15, 0.2) is 42.7 Å². The third kappa shape index (κ3) is 9.45. The maximum atomic E-state index is 15.0. The Morgan fingerprint density at radius 3 is 2.64 bits per heavy atom. The van der Waals surface area contributed by atoms with Gasteiger partial charge in [-0.05, 0) is 65.6 Å². The van der Waals surface area contributed by atoms with E-state index in [0.717, 1.165) is 0 Å². The molecule has 14 nitrogen and oxygen atoms in total. The standard InChI is InChI=1S/C30H37FN8O6/c1-3-23-30(43)33-18-20-7-9-24(22(31)16-20)45-26-17-21(8-10-25(26)44-2)29(42)32-12-5-14-38(13-4-6-27(40)35-23)28(41)11-15-39-19-34-36-37-39/h7-10,16-17,19,23H,3-6,11-15,18H2,1-2H3,(H,32,42)(H,33,43)(H,35,40)/t23-/m0/s1. The molecule has 0 radical (unpaired) electrons. The summed E-state index contributed by atoms with van der Waals surface area (Å²) in [5, 5.41) is 19.2. The number of halogens is 1. The summed E-state index contributed by atoms with van der Waals surface area (Å²) in [7, 11) is 1.43. The first-order chi connectivity index (χ1) is 21.8. The summed E-state index contributed by atoms with van der Waals surface area (Å²) in [5.74, 6) is -1.58. The molecule has 0 saturated carbocycles. The third-order valence-electron chi connectivity index (χ3n) is 7.19. The molecular formula is C30H37FN8O6. The Balaban J connectivity index is 1.52. The molecule has 0 fully saturated rings. The SMILES string of the molecule is CC[C@@H]1NC(=O)CCCN(C(=O)CCn2cnnn2)CCCNC(=O)c2ccc(OC)c(c2)Oc2ccc(cc2F)CNC1=O. The summed E-state index contributed by atoms with van der Waals surface area (Å²) < 4.78 is 27.6. The smallest absolute Gasteiger partial charge is 0.251 e. The van der Waals surface area contributed by atoms with Crippen LogP contribution in [0.1, 0.15) is 54.9 Å². The molecule has 3 N–H and O–H groups in total. The van der Waals surface area contributed by atoms with Gasteiger partial charge in [0.25, 0.3) is 5.91 Å². The number of aryl methyl sites for hydroxylation is 1. The highest BCUT2D eigenvalue weighted by Crippen LogP contribution is 2.34. The zero-order chi connectivity index (χ0) is 32.2. The van der Waals surface area contributed by atoms with E-state index < -0.39 is 17.8 Å². The predicted molar refractivity (Wildman–Crippen MR) is 159 cm³/mol. The fourth-order valence-electron chi connectivity index (χ4n) is 4.70. The van der Waals surface area contributed by atoms with Crippen LogP contribution in [0.2, 0.25) is 0 Å². The van der Waals surface area contributed by atoms with Crippen molar-refractivity contribution in [1.82, 2.24) is 41.1 Å². The van der Waals surface area contributed by atoms with Crippen LogP contribution in [0.5, 0.6) is 17.2 Å². The van der Waals surface area contributed by atoms with Crippen molar-refractivity contribution in [3.05, 3.63) is 59.7 Å². The van der Waals surface area contributed by atoms with Gasteiger partial charge >= 0.3 is 0 Å². The van der Waals surface area contributed by atoms with Crippen LogP contribution in [0.3, 0.4) is 0 Å². The minimum atomic E-state index is -0.774. The van der Waals surface area contributed by atoms with Gasteiger partial charge in [-0.15, -0.1) is 5.10 Å². The zero-order valence-corrected chi connectivity index (χ0v) is 25.3. The second-order valence-electron chi connectivity index (χ2n) is 10.4. The number of carbonyl (C=O) groups is 4. The van der Waals surface area contributed by atoms with Gasteiger partial charge in [-0.1, -0.05) is 13.0 Å². The Morgan fingerprint density at radius 1 is 1.09 bits per heavy atom. The van der Waals surface area contributed by atoms with E-state index in [1.54, 1.807) is 30.0 Å². The van der Waals surface area contributed by atoms with Crippen LogP contribution in [0.25, 0.3) is 0 Å². The van der Waals surface area contributed by atoms with E-state index in [-0.39, 0.29) is 60.7 Å². The normalized spacial score (nSPS) is 17.1. The molecule has 240 valence electrons. The molecule has 0 unspecified atom stereocenters. The molecule has 4 bridgehead atoms. The molecule has 3 heterocycles. The van der Waals surface area contributed by atoms with Crippen molar-refractivity contribution in [2.75, 3.05) is 26.7 Å². The lowest BCUT2D eigenvalue weighted by molar-refractivity contribution is -0.132. The topological polar surface area (TPSA) is 170 Å². The molecular weight excluding hydrogens is 587 g/mol. The van der Waals surface area contributed by atoms with E-state index in [9.17, 15) is 19.2 Å². The number of tetrazole rings is 1. The number of methoxy groups -OCH3 is 1. The highest BCUT2D eigenvalue weighted by Gasteiger charge is 2.21. The minimum absolute atomic E-state index is 0.0309. The highest BCUT2D eigenvalue weighted by atomic mass is 19.1. The summed E-state index contributed by atoms with van der Waals surface area (Å²) in [5.41, 5.74) is 0.757. The Bertz CT molecular complexity index is 1490. The van der Waals surface area contributed by atoms with Crippen molar-refractivity contribution >= 4 is 23.6 Å². The molecule has 15 heteroatoms. The van der Waals surface area contributed by atoms with Gasteiger partial charge in [-0.2, -0.15) is 0 Å². The monoisotopic (exact) mass is 624 g/mol. The maximum absolute atomic E-state index is 15.0. The predicted octanol–water partition coefficient (Wildman–Crippen LogP) is 1.96. The molecule has 1 aromatic heterocycles. The van der Waals surface area contributed by atoms with Gasteiger partial charge in [0.05, 0.1) is 13.7 Å². The van der Waals surface area contributed by atoms with Crippen LogP contribution < -0.4 is 25.4 Å². The molecule has 5 rings (SSSR count). The van der Waals surface area contributed by atoms with E-state index in [1.807, 2.05) is 0 Å². The van der Waals surface area contributed by atoms with Gasteiger partial charge in [-0.3, -0.25) is 19.2 Å². The summed E-state index contributed by atoms with van der Waals surface area (Å²) in [6, 6.07) is 8.07. The van der Waals surface area contributed by atoms with E-state index in [0.29, 0.717) is 50.2 Å². The number of aromatic nitrogens is 4. The first kappa shape index (κ1) is 32.8. The number of ether oxygens (including phenoxy) is 2. The largest absolute Gasteiger partial charge is 0.493 e. The minimum Gasteiger partial charge on any atom is -0.493 e. The molecule has 3 aromatic rings. The van der Waals surface area contributed by atoms with Crippen LogP contribution in [0, 0.1) is 5.82 Å². The lowest BCUT2D eigenvalue weighted by Crippen LogP contribution is -2.46. The second-order valence-corrected chi connectivity index (χ2v) is 10.4. The summed E-state index contributed by atoms with van der Waals surface area (Å²) >= 11 is 0. The zero-order valence-electron chi connectivity index (χ0n) is 25.3. The molecule has 2 aliphatic rings. The number of fused-ring (bicyclic) bond motifs is 16. The average molecular weight is 625 g/mol. The molecule has 4 amide bonds. The van der Waals surface area contributed by atoms with Gasteiger partial charge in [0, 0.05) is 44.6 Å². The molecule has 2 aromatic carbocycles. The average Bonchev–Trinajstić information content (AvgIpc) is 3.57. The van der Waals surface area contributed by atoms with Gasteiger partial charge in [-0.25, -0.2) is 9.07 Å². The number of amides is 4. The van der Waals surface area contributed by atoms with E-state index >= 15 is 4.39 Å². The summed E-state index contributed by atoms with van der Waals surface area (Å²) in [6.45, 7) is 3.00. The van der Waals surface area contributed by atoms with Gasteiger partial charge in [0.15, 0.2) is 23.1 Å². The van der Waals surface area contributed by atoms with Crippen LogP contribution >= 0.6 is 0 Å². The van der Waals surface area contributed by atoms with E-state index in [4.69, 9.17) is 9.47 Å². The lowest BCUT2D eigenvalue weighted by Gasteiger charge is -2.23. The Kier molecular flexibility index (Phi) is 11.8. The van der Waals surface area contributed by atoms with Crippen molar-refractivity contribution in [3.8, 4) is 17.2 Å². The van der Waals surface area contributed by atoms with Crippen LogP contribution in [0.4, 0.5) is 4.39 Å². The first-order valence-corrected chi connectivity index (χ1v) is 14.8. The number of hydrogen-bond donors (Lipinski definition) is 3. The molecule has 45 heavy (non-hydrogen) atoms. The van der Waals surface area contributed by atoms with Crippen LogP contribution in [-0.4, -0.2) is 81.5 Å². The van der Waals surface area contributed by atoms with Gasteiger partial charge in [0.1, 0.15) is 12.4 Å². The van der Waals surface area contributed by atoms with Crippen molar-refractivity contribution < 1.29 is 33.0 Å². The fraction of sp³-hybridized carbons (Fsp3) is 0.433. The van der Waals surface area contributed by atoms with Crippen molar-refractivity contribution in [3.63, 3.8) is 0 Å². The number of nitrogens with one attached hydrogen (secondary N) is 3. The Hall–Kier alpha value is -5.08. The molecule has 1 atom stereocenters. The van der Waals surface area contributed by atoms with Crippen molar-refractivity contribution in [2.45, 2.75) is 58.2 Å². The molecule has 0 spiro atoms. The Labute approximate surface area is 259 Å². The van der Waals surface area contributed by atoms with Crippen molar-refractivity contribution in [1.29, 1.82) is 0 Å². The lowest BCUT2D eigenvalue weighted by atomic mass is 10.1. The molecule has 2 aliphatic heterocycles. The molecule has 0 aliphatic carbocycles. The van der Waals surface area contributed by atoms with Gasteiger partial charge < -0.3 is 30.3 Å². The number of benzene rings is 2.